The van der Waals surface area contributed by atoms with Gasteiger partial charge in [0.2, 0.25) is 0 Å². The van der Waals surface area contributed by atoms with Crippen LogP contribution >= 0.6 is 22.6 Å². The smallest absolute Gasteiger partial charge is 0.272 e. The second-order valence-corrected chi connectivity index (χ2v) is 6.99. The van der Waals surface area contributed by atoms with Crippen LogP contribution in [0, 0.1) is 10.5 Å². The van der Waals surface area contributed by atoms with Crippen LogP contribution in [-0.4, -0.2) is 11.8 Å². The molecule has 0 fully saturated rings. The van der Waals surface area contributed by atoms with E-state index >= 15 is 0 Å². The fourth-order valence-electron chi connectivity index (χ4n) is 2.34. The highest BCUT2D eigenvalue weighted by atomic mass is 127. The van der Waals surface area contributed by atoms with Gasteiger partial charge in [-0.05, 0) is 65.9 Å². The molecule has 0 aliphatic heterocycles. The fourth-order valence-corrected chi connectivity index (χ4v) is 2.98. The van der Waals surface area contributed by atoms with Gasteiger partial charge in [0.15, 0.2) is 0 Å². The van der Waals surface area contributed by atoms with Crippen molar-refractivity contribution in [2.45, 2.75) is 6.92 Å². The number of rotatable bonds is 5. The molecule has 27 heavy (non-hydrogen) atoms. The summed E-state index contributed by atoms with van der Waals surface area (Å²) in [7, 11) is 0. The Labute approximate surface area is 170 Å². The highest BCUT2D eigenvalue weighted by Crippen LogP contribution is 2.15. The molecule has 3 rings (SSSR count). The number of carbonyl (C=O) groups is 2. The van der Waals surface area contributed by atoms with Crippen molar-refractivity contribution in [3.05, 3.63) is 93.1 Å². The van der Waals surface area contributed by atoms with Crippen LogP contribution in [0.5, 0.6) is 0 Å². The van der Waals surface area contributed by atoms with Gasteiger partial charge in [0.25, 0.3) is 11.8 Å². The Morgan fingerprint density at radius 2 is 1.74 bits per heavy atom. The number of hydrogen-bond acceptors (Lipinski definition) is 3. The lowest BCUT2D eigenvalue weighted by Gasteiger charge is -2.11. The van der Waals surface area contributed by atoms with Crippen LogP contribution < -0.4 is 10.6 Å². The largest absolute Gasteiger partial charge is 0.465 e. The Morgan fingerprint density at radius 3 is 2.41 bits per heavy atom. The number of aryl methyl sites for hydroxylation is 1. The summed E-state index contributed by atoms with van der Waals surface area (Å²) in [5.41, 5.74) is 2.31. The predicted octanol–water partition coefficient (Wildman–Crippen LogP) is 4.60. The number of furan rings is 1. The minimum absolute atomic E-state index is 0.0928. The Morgan fingerprint density at radius 1 is 1.00 bits per heavy atom. The summed E-state index contributed by atoms with van der Waals surface area (Å²) in [5.74, 6) is -0.335. The third-order valence-corrected chi connectivity index (χ3v) is 4.69. The van der Waals surface area contributed by atoms with Gasteiger partial charge in [-0.1, -0.05) is 29.8 Å². The first-order valence-corrected chi connectivity index (χ1v) is 9.30. The first kappa shape index (κ1) is 18.9. The number of carbonyl (C=O) groups excluding carboxylic acids is 2. The topological polar surface area (TPSA) is 71.3 Å². The second kappa shape index (κ2) is 8.68. The molecule has 0 aliphatic rings. The molecule has 0 spiro atoms. The van der Waals surface area contributed by atoms with Crippen LogP contribution in [0.25, 0.3) is 6.08 Å². The molecule has 0 aliphatic carbocycles. The van der Waals surface area contributed by atoms with E-state index in [-0.39, 0.29) is 11.6 Å². The summed E-state index contributed by atoms with van der Waals surface area (Å²) in [5, 5.41) is 5.48. The Balaban J connectivity index is 1.85. The molecule has 6 heteroatoms. The molecule has 3 aromatic rings. The van der Waals surface area contributed by atoms with E-state index < -0.39 is 5.91 Å². The molecule has 2 amide bonds. The fraction of sp³-hybridized carbons (Fsp3) is 0.0476. The number of nitrogens with one attached hydrogen (secondary N) is 2. The standard InChI is InChI=1S/C21H17IN2O3/c1-14-8-10-15(11-9-14)23-21(26)19(13-16-5-4-12-27-16)24-20(25)17-6-2-3-7-18(17)22/h2-13H,1H3,(H,23,26)(H,24,25). The van der Waals surface area contributed by atoms with Crippen molar-refractivity contribution in [3.8, 4) is 0 Å². The zero-order valence-electron chi connectivity index (χ0n) is 14.5. The minimum Gasteiger partial charge on any atom is -0.465 e. The first-order chi connectivity index (χ1) is 13.0. The maximum atomic E-state index is 12.7. The first-order valence-electron chi connectivity index (χ1n) is 8.22. The van der Waals surface area contributed by atoms with Crippen LogP contribution in [0.4, 0.5) is 5.69 Å². The zero-order chi connectivity index (χ0) is 19.2. The van der Waals surface area contributed by atoms with Gasteiger partial charge in [-0.3, -0.25) is 9.59 Å². The second-order valence-electron chi connectivity index (χ2n) is 5.83. The summed E-state index contributed by atoms with van der Waals surface area (Å²) in [4.78, 5) is 25.4. The van der Waals surface area contributed by atoms with E-state index in [1.165, 1.54) is 12.3 Å². The van der Waals surface area contributed by atoms with Gasteiger partial charge >= 0.3 is 0 Å². The number of hydrogen-bond donors (Lipinski definition) is 2. The van der Waals surface area contributed by atoms with Crippen molar-refractivity contribution in [2.75, 3.05) is 5.32 Å². The third-order valence-electron chi connectivity index (χ3n) is 3.75. The Hall–Kier alpha value is -2.87. The molecule has 1 aromatic heterocycles. The molecule has 5 nitrogen and oxygen atoms in total. The molecule has 2 N–H and O–H groups in total. The lowest BCUT2D eigenvalue weighted by Crippen LogP contribution is -2.31. The zero-order valence-corrected chi connectivity index (χ0v) is 16.7. The minimum atomic E-state index is -0.436. The van der Waals surface area contributed by atoms with Crippen molar-refractivity contribution < 1.29 is 14.0 Å². The molecule has 0 radical (unpaired) electrons. The Kier molecular flexibility index (Phi) is 6.08. The summed E-state index contributed by atoms with van der Waals surface area (Å²) < 4.78 is 6.08. The maximum absolute atomic E-state index is 12.7. The molecule has 136 valence electrons. The van der Waals surface area contributed by atoms with E-state index in [0.717, 1.165) is 9.13 Å². The monoisotopic (exact) mass is 472 g/mol. The quantitative estimate of drug-likeness (QED) is 0.421. The normalized spacial score (nSPS) is 11.1. The SMILES string of the molecule is Cc1ccc(NC(=O)C(=Cc2ccco2)NC(=O)c2ccccc2I)cc1. The van der Waals surface area contributed by atoms with Crippen molar-refractivity contribution in [2.24, 2.45) is 0 Å². The van der Waals surface area contributed by atoms with Gasteiger partial charge in [-0.15, -0.1) is 0 Å². The van der Waals surface area contributed by atoms with E-state index in [0.29, 0.717) is 17.0 Å². The van der Waals surface area contributed by atoms with Gasteiger partial charge in [0, 0.05) is 15.3 Å². The van der Waals surface area contributed by atoms with E-state index in [2.05, 4.69) is 33.2 Å². The number of halogens is 1. The van der Waals surface area contributed by atoms with E-state index in [1.807, 2.05) is 31.2 Å². The molecule has 0 saturated heterocycles. The lowest BCUT2D eigenvalue weighted by molar-refractivity contribution is -0.113. The van der Waals surface area contributed by atoms with Gasteiger partial charge in [0.05, 0.1) is 11.8 Å². The van der Waals surface area contributed by atoms with Crippen LogP contribution in [0.15, 0.2) is 77.0 Å². The third kappa shape index (κ3) is 5.07. The van der Waals surface area contributed by atoms with E-state index in [9.17, 15) is 9.59 Å². The predicted molar refractivity (Wildman–Crippen MR) is 113 cm³/mol. The van der Waals surface area contributed by atoms with E-state index in [1.54, 1.807) is 36.4 Å². The maximum Gasteiger partial charge on any atom is 0.272 e. The van der Waals surface area contributed by atoms with Crippen LogP contribution in [0.2, 0.25) is 0 Å². The molecule has 0 saturated carbocycles. The van der Waals surface area contributed by atoms with Gasteiger partial charge in [0.1, 0.15) is 11.5 Å². The highest BCUT2D eigenvalue weighted by molar-refractivity contribution is 14.1. The summed E-state index contributed by atoms with van der Waals surface area (Å²) >= 11 is 2.08. The average Bonchev–Trinajstić information content (AvgIpc) is 3.16. The van der Waals surface area contributed by atoms with Crippen LogP contribution in [0.3, 0.4) is 0 Å². The van der Waals surface area contributed by atoms with Crippen molar-refractivity contribution in [1.82, 2.24) is 5.32 Å². The molecule has 0 atom stereocenters. The lowest BCUT2D eigenvalue weighted by atomic mass is 10.2. The Bertz CT molecular complexity index is 977. The van der Waals surface area contributed by atoms with E-state index in [4.69, 9.17) is 4.42 Å². The van der Waals surface area contributed by atoms with Crippen molar-refractivity contribution >= 4 is 46.2 Å². The molecule has 0 unspecified atom stereocenters. The summed E-state index contributed by atoms with van der Waals surface area (Å²) in [6.45, 7) is 1.97. The molecule has 1 heterocycles. The summed E-state index contributed by atoms with van der Waals surface area (Å²) in [6.07, 6.45) is 3.00. The average molecular weight is 472 g/mol. The van der Waals surface area contributed by atoms with Gasteiger partial charge in [-0.2, -0.15) is 0 Å². The molecular formula is C21H17IN2O3. The van der Waals surface area contributed by atoms with Crippen molar-refractivity contribution in [3.63, 3.8) is 0 Å². The van der Waals surface area contributed by atoms with Crippen molar-refractivity contribution in [1.29, 1.82) is 0 Å². The molecule has 0 bridgehead atoms. The van der Waals surface area contributed by atoms with Crippen LogP contribution in [0.1, 0.15) is 21.7 Å². The molecule has 2 aromatic carbocycles. The molecular weight excluding hydrogens is 455 g/mol. The van der Waals surface area contributed by atoms with Crippen LogP contribution in [-0.2, 0) is 4.79 Å². The highest BCUT2D eigenvalue weighted by Gasteiger charge is 2.17. The van der Waals surface area contributed by atoms with Gasteiger partial charge < -0.3 is 15.1 Å². The summed E-state index contributed by atoms with van der Waals surface area (Å²) in [6, 6.07) is 18.0. The number of amides is 2. The van der Waals surface area contributed by atoms with Gasteiger partial charge in [-0.25, -0.2) is 0 Å². The number of anilines is 1. The number of benzene rings is 2.